The lowest BCUT2D eigenvalue weighted by Gasteiger charge is -2.07. The molecule has 0 aliphatic rings. The molecule has 0 atom stereocenters. The fourth-order valence-corrected chi connectivity index (χ4v) is 3.62. The first-order valence-corrected chi connectivity index (χ1v) is 8.71. The van der Waals surface area contributed by atoms with Gasteiger partial charge in [0.25, 0.3) is 0 Å². The van der Waals surface area contributed by atoms with Crippen molar-refractivity contribution in [3.8, 4) is 0 Å². The van der Waals surface area contributed by atoms with Crippen LogP contribution in [0.4, 0.5) is 0 Å². The largest absolute Gasteiger partial charge is 0.313 e. The molecule has 0 amide bonds. The summed E-state index contributed by atoms with van der Waals surface area (Å²) >= 11 is 11.5. The Labute approximate surface area is 138 Å². The molecular formula is C16H17BrClNS. The Bertz CT molecular complexity index is 574. The zero-order chi connectivity index (χ0) is 14.4. The Balaban J connectivity index is 1.99. The molecule has 0 aromatic heterocycles. The van der Waals surface area contributed by atoms with Crippen molar-refractivity contribution < 1.29 is 0 Å². The van der Waals surface area contributed by atoms with Crippen LogP contribution in [0.2, 0.25) is 5.02 Å². The quantitative estimate of drug-likeness (QED) is 0.673. The monoisotopic (exact) mass is 369 g/mol. The van der Waals surface area contributed by atoms with Crippen molar-refractivity contribution in [1.82, 2.24) is 5.32 Å². The molecule has 0 spiro atoms. The molecule has 0 heterocycles. The van der Waals surface area contributed by atoms with Gasteiger partial charge in [-0.05, 0) is 41.9 Å². The van der Waals surface area contributed by atoms with E-state index in [-0.39, 0.29) is 0 Å². The molecule has 2 rings (SSSR count). The van der Waals surface area contributed by atoms with Crippen molar-refractivity contribution in [2.45, 2.75) is 24.1 Å². The SMILES string of the molecule is CCNCc1cccc(SCc2ccc(Br)cc2Cl)c1. The average molecular weight is 371 g/mol. The lowest BCUT2D eigenvalue weighted by atomic mass is 10.2. The highest BCUT2D eigenvalue weighted by molar-refractivity contribution is 9.10. The Hall–Kier alpha value is -0.480. The predicted octanol–water partition coefficient (Wildman–Crippen LogP) is 5.50. The van der Waals surface area contributed by atoms with Crippen molar-refractivity contribution >= 4 is 39.3 Å². The highest BCUT2D eigenvalue weighted by Crippen LogP contribution is 2.29. The minimum Gasteiger partial charge on any atom is -0.313 e. The highest BCUT2D eigenvalue weighted by Gasteiger charge is 2.03. The molecule has 2 aromatic carbocycles. The van der Waals surface area contributed by atoms with Crippen LogP contribution >= 0.6 is 39.3 Å². The van der Waals surface area contributed by atoms with Crippen LogP contribution in [-0.2, 0) is 12.3 Å². The van der Waals surface area contributed by atoms with Crippen molar-refractivity contribution in [3.63, 3.8) is 0 Å². The van der Waals surface area contributed by atoms with Gasteiger partial charge >= 0.3 is 0 Å². The van der Waals surface area contributed by atoms with E-state index in [1.165, 1.54) is 10.5 Å². The zero-order valence-electron chi connectivity index (χ0n) is 11.3. The van der Waals surface area contributed by atoms with E-state index in [9.17, 15) is 0 Å². The summed E-state index contributed by atoms with van der Waals surface area (Å²) in [5.74, 6) is 0.886. The predicted molar refractivity (Wildman–Crippen MR) is 92.5 cm³/mol. The standard InChI is InChI=1S/C16H17BrClNS/c1-2-19-10-12-4-3-5-15(8-12)20-11-13-6-7-14(17)9-16(13)18/h3-9,19H,2,10-11H2,1H3. The molecule has 2 aromatic rings. The number of hydrogen-bond acceptors (Lipinski definition) is 2. The second kappa shape index (κ2) is 8.08. The fraction of sp³-hybridized carbons (Fsp3) is 0.250. The summed E-state index contributed by atoms with van der Waals surface area (Å²) < 4.78 is 1.02. The first-order valence-electron chi connectivity index (χ1n) is 6.55. The van der Waals surface area contributed by atoms with E-state index in [0.29, 0.717) is 0 Å². The molecule has 106 valence electrons. The van der Waals surface area contributed by atoms with Gasteiger partial charge in [0.2, 0.25) is 0 Å². The van der Waals surface area contributed by atoms with Crippen LogP contribution in [0, 0.1) is 0 Å². The molecule has 1 nitrogen and oxygen atoms in total. The third-order valence-electron chi connectivity index (χ3n) is 2.89. The summed E-state index contributed by atoms with van der Waals surface area (Å²) in [6, 6.07) is 14.7. The lowest BCUT2D eigenvalue weighted by Crippen LogP contribution is -2.11. The average Bonchev–Trinajstić information content (AvgIpc) is 2.45. The molecule has 1 N–H and O–H groups in total. The van der Waals surface area contributed by atoms with Crippen LogP contribution in [-0.4, -0.2) is 6.54 Å². The molecular weight excluding hydrogens is 354 g/mol. The van der Waals surface area contributed by atoms with Gasteiger partial charge in [-0.15, -0.1) is 11.8 Å². The Morgan fingerprint density at radius 1 is 1.20 bits per heavy atom. The van der Waals surface area contributed by atoms with E-state index in [1.807, 2.05) is 23.9 Å². The van der Waals surface area contributed by atoms with Crippen LogP contribution in [0.25, 0.3) is 0 Å². The topological polar surface area (TPSA) is 12.0 Å². The van der Waals surface area contributed by atoms with Crippen LogP contribution < -0.4 is 5.32 Å². The molecule has 0 fully saturated rings. The van der Waals surface area contributed by atoms with Crippen LogP contribution in [0.1, 0.15) is 18.1 Å². The van der Waals surface area contributed by atoms with Gasteiger partial charge in [-0.2, -0.15) is 0 Å². The molecule has 0 aliphatic carbocycles. The molecule has 0 radical (unpaired) electrons. The van der Waals surface area contributed by atoms with E-state index in [0.717, 1.165) is 33.9 Å². The number of halogens is 2. The normalized spacial score (nSPS) is 10.8. The number of thioether (sulfide) groups is 1. The Morgan fingerprint density at radius 2 is 2.05 bits per heavy atom. The first-order chi connectivity index (χ1) is 9.69. The van der Waals surface area contributed by atoms with E-state index in [4.69, 9.17) is 11.6 Å². The minimum atomic E-state index is 0.815. The van der Waals surface area contributed by atoms with Gasteiger partial charge < -0.3 is 5.32 Å². The molecule has 0 saturated carbocycles. The van der Waals surface area contributed by atoms with Gasteiger partial charge in [-0.1, -0.05) is 52.7 Å². The van der Waals surface area contributed by atoms with E-state index >= 15 is 0 Å². The molecule has 0 saturated heterocycles. The van der Waals surface area contributed by atoms with E-state index < -0.39 is 0 Å². The number of hydrogen-bond donors (Lipinski definition) is 1. The summed E-state index contributed by atoms with van der Waals surface area (Å²) in [7, 11) is 0. The summed E-state index contributed by atoms with van der Waals surface area (Å²) in [5, 5.41) is 4.16. The minimum absolute atomic E-state index is 0.815. The molecule has 20 heavy (non-hydrogen) atoms. The highest BCUT2D eigenvalue weighted by atomic mass is 79.9. The first kappa shape index (κ1) is 15.9. The van der Waals surface area contributed by atoms with Gasteiger partial charge in [0.1, 0.15) is 0 Å². The second-order valence-corrected chi connectivity index (χ2v) is 6.82. The van der Waals surface area contributed by atoms with E-state index in [2.05, 4.69) is 58.5 Å². The van der Waals surface area contributed by atoms with Crippen molar-refractivity contribution in [3.05, 3.63) is 63.1 Å². The Kier molecular flexibility index (Phi) is 6.43. The number of benzene rings is 2. The Morgan fingerprint density at radius 3 is 2.80 bits per heavy atom. The van der Waals surface area contributed by atoms with Crippen LogP contribution in [0.5, 0.6) is 0 Å². The maximum Gasteiger partial charge on any atom is 0.0457 e. The lowest BCUT2D eigenvalue weighted by molar-refractivity contribution is 0.725. The molecule has 4 heteroatoms. The van der Waals surface area contributed by atoms with Crippen LogP contribution in [0.15, 0.2) is 51.8 Å². The summed E-state index contributed by atoms with van der Waals surface area (Å²) in [6.07, 6.45) is 0. The van der Waals surface area contributed by atoms with E-state index in [1.54, 1.807) is 0 Å². The van der Waals surface area contributed by atoms with Crippen molar-refractivity contribution in [2.75, 3.05) is 6.54 Å². The number of nitrogens with one attached hydrogen (secondary N) is 1. The zero-order valence-corrected chi connectivity index (χ0v) is 14.5. The second-order valence-electron chi connectivity index (χ2n) is 4.45. The summed E-state index contributed by atoms with van der Waals surface area (Å²) in [6.45, 7) is 4.03. The third-order valence-corrected chi connectivity index (χ3v) is 4.77. The smallest absolute Gasteiger partial charge is 0.0457 e. The molecule has 0 bridgehead atoms. The molecule has 0 unspecified atom stereocenters. The van der Waals surface area contributed by atoms with Crippen LogP contribution in [0.3, 0.4) is 0 Å². The van der Waals surface area contributed by atoms with Gasteiger partial charge in [-0.3, -0.25) is 0 Å². The van der Waals surface area contributed by atoms with Gasteiger partial charge in [-0.25, -0.2) is 0 Å². The maximum atomic E-state index is 6.24. The fourth-order valence-electron chi connectivity index (χ4n) is 1.81. The van der Waals surface area contributed by atoms with Gasteiger partial charge in [0.05, 0.1) is 0 Å². The van der Waals surface area contributed by atoms with Crippen molar-refractivity contribution in [1.29, 1.82) is 0 Å². The van der Waals surface area contributed by atoms with Gasteiger partial charge in [0.15, 0.2) is 0 Å². The summed E-state index contributed by atoms with van der Waals surface area (Å²) in [5.41, 5.74) is 2.48. The third kappa shape index (κ3) is 4.81. The maximum absolute atomic E-state index is 6.24. The van der Waals surface area contributed by atoms with Gasteiger partial charge in [0, 0.05) is 26.7 Å². The van der Waals surface area contributed by atoms with Crippen molar-refractivity contribution in [2.24, 2.45) is 0 Å². The number of rotatable bonds is 6. The molecule has 0 aliphatic heterocycles. The summed E-state index contributed by atoms with van der Waals surface area (Å²) in [4.78, 5) is 1.28.